The van der Waals surface area contributed by atoms with Crippen LogP contribution in [0.3, 0.4) is 0 Å². The quantitative estimate of drug-likeness (QED) is 0.746. The number of hydrogen-bond acceptors (Lipinski definition) is 4. The first kappa shape index (κ1) is 13.1. The highest BCUT2D eigenvalue weighted by Crippen LogP contribution is 2.31. The van der Waals surface area contributed by atoms with E-state index in [9.17, 15) is 5.11 Å². The molecular formula is C16H14N2OS. The van der Waals surface area contributed by atoms with Crippen LogP contribution in [0.2, 0.25) is 0 Å². The third kappa shape index (κ3) is 2.53. The predicted molar refractivity (Wildman–Crippen MR) is 80.8 cm³/mol. The van der Waals surface area contributed by atoms with Crippen molar-refractivity contribution in [2.45, 2.75) is 23.5 Å². The van der Waals surface area contributed by atoms with E-state index < -0.39 is 0 Å². The maximum atomic E-state index is 9.21. The number of fused-ring (bicyclic) bond motifs is 1. The molecule has 20 heavy (non-hydrogen) atoms. The van der Waals surface area contributed by atoms with Gasteiger partial charge in [-0.2, -0.15) is 0 Å². The molecule has 0 fully saturated rings. The van der Waals surface area contributed by atoms with Gasteiger partial charge in [0.1, 0.15) is 11.4 Å². The Hall–Kier alpha value is -1.91. The summed E-state index contributed by atoms with van der Waals surface area (Å²) in [4.78, 5) is 9.76. The van der Waals surface area contributed by atoms with Crippen molar-refractivity contribution in [3.8, 4) is 0 Å². The van der Waals surface area contributed by atoms with E-state index in [1.165, 1.54) is 0 Å². The molecule has 3 nitrogen and oxygen atoms in total. The largest absolute Gasteiger partial charge is 0.392 e. The van der Waals surface area contributed by atoms with Crippen LogP contribution in [-0.2, 0) is 6.61 Å². The van der Waals surface area contributed by atoms with Crippen molar-refractivity contribution in [3.63, 3.8) is 0 Å². The molecule has 0 aliphatic heterocycles. The number of hydrogen-bond donors (Lipinski definition) is 1. The average Bonchev–Trinajstić information content (AvgIpc) is 2.48. The number of benzene rings is 2. The Morgan fingerprint density at radius 3 is 2.75 bits per heavy atom. The summed E-state index contributed by atoms with van der Waals surface area (Å²) in [6, 6.07) is 14.0. The van der Waals surface area contributed by atoms with Crippen molar-refractivity contribution in [2.24, 2.45) is 0 Å². The van der Waals surface area contributed by atoms with Gasteiger partial charge in [-0.3, -0.25) is 0 Å². The zero-order valence-corrected chi connectivity index (χ0v) is 11.9. The summed E-state index contributed by atoms with van der Waals surface area (Å²) in [5, 5.41) is 11.2. The number of rotatable bonds is 3. The summed E-state index contributed by atoms with van der Waals surface area (Å²) < 4.78 is 0. The highest BCUT2D eigenvalue weighted by Gasteiger charge is 2.06. The van der Waals surface area contributed by atoms with Gasteiger partial charge in [0.15, 0.2) is 0 Å². The average molecular weight is 282 g/mol. The Morgan fingerprint density at radius 2 is 1.95 bits per heavy atom. The number of aliphatic hydroxyl groups excluding tert-OH is 1. The number of aryl methyl sites for hydroxylation is 1. The second kappa shape index (κ2) is 5.61. The van der Waals surface area contributed by atoms with E-state index in [1.54, 1.807) is 18.1 Å². The Morgan fingerprint density at radius 1 is 1.10 bits per heavy atom. The molecule has 1 aromatic heterocycles. The summed E-state index contributed by atoms with van der Waals surface area (Å²) in [6.07, 6.45) is 1.60. The standard InChI is InChI=1S/C16H14N2OS/c1-11-8-13(7-6-12(11)9-19)20-16-14-4-2-3-5-15(14)17-10-18-16/h2-8,10,19H,9H2,1H3. The van der Waals surface area contributed by atoms with Gasteiger partial charge < -0.3 is 5.11 Å². The Kier molecular flexibility index (Phi) is 3.67. The molecular weight excluding hydrogens is 268 g/mol. The van der Waals surface area contributed by atoms with Crippen LogP contribution in [0.4, 0.5) is 0 Å². The van der Waals surface area contributed by atoms with E-state index in [2.05, 4.69) is 16.0 Å². The topological polar surface area (TPSA) is 46.0 Å². The minimum atomic E-state index is 0.0766. The van der Waals surface area contributed by atoms with Gasteiger partial charge in [-0.15, -0.1) is 0 Å². The van der Waals surface area contributed by atoms with Gasteiger partial charge in [0.2, 0.25) is 0 Å². The predicted octanol–water partition coefficient (Wildman–Crippen LogP) is 3.58. The van der Waals surface area contributed by atoms with E-state index in [0.29, 0.717) is 0 Å². The smallest absolute Gasteiger partial charge is 0.117 e. The van der Waals surface area contributed by atoms with Gasteiger partial charge in [0.25, 0.3) is 0 Å². The van der Waals surface area contributed by atoms with Crippen molar-refractivity contribution >= 4 is 22.7 Å². The molecule has 100 valence electrons. The number of nitrogens with zero attached hydrogens (tertiary/aromatic N) is 2. The summed E-state index contributed by atoms with van der Waals surface area (Å²) in [5.74, 6) is 0. The Labute approximate surface area is 121 Å². The maximum absolute atomic E-state index is 9.21. The van der Waals surface area contributed by atoms with Crippen molar-refractivity contribution in [2.75, 3.05) is 0 Å². The van der Waals surface area contributed by atoms with E-state index in [-0.39, 0.29) is 6.61 Å². The highest BCUT2D eigenvalue weighted by atomic mass is 32.2. The third-order valence-electron chi connectivity index (χ3n) is 3.21. The van der Waals surface area contributed by atoms with Crippen LogP contribution in [-0.4, -0.2) is 15.1 Å². The van der Waals surface area contributed by atoms with Crippen LogP contribution in [0.15, 0.2) is 58.7 Å². The second-order valence-electron chi connectivity index (χ2n) is 4.54. The van der Waals surface area contributed by atoms with Gasteiger partial charge >= 0.3 is 0 Å². The van der Waals surface area contributed by atoms with Crippen LogP contribution < -0.4 is 0 Å². The Bertz CT molecular complexity index is 753. The summed E-state index contributed by atoms with van der Waals surface area (Å²) in [6.45, 7) is 2.08. The Balaban J connectivity index is 1.99. The van der Waals surface area contributed by atoms with E-state index in [0.717, 1.165) is 32.0 Å². The number of aliphatic hydroxyl groups is 1. The first-order valence-electron chi connectivity index (χ1n) is 6.36. The maximum Gasteiger partial charge on any atom is 0.117 e. The normalized spacial score (nSPS) is 10.9. The summed E-state index contributed by atoms with van der Waals surface area (Å²) in [7, 11) is 0. The summed E-state index contributed by atoms with van der Waals surface area (Å²) in [5.41, 5.74) is 3.01. The molecule has 0 saturated carbocycles. The molecule has 1 heterocycles. The molecule has 3 rings (SSSR count). The monoisotopic (exact) mass is 282 g/mol. The van der Waals surface area contributed by atoms with Crippen LogP contribution in [0.25, 0.3) is 10.9 Å². The first-order chi connectivity index (χ1) is 9.78. The molecule has 0 bridgehead atoms. The molecule has 0 saturated heterocycles. The van der Waals surface area contributed by atoms with Gasteiger partial charge in [-0.25, -0.2) is 9.97 Å². The molecule has 2 aromatic carbocycles. The van der Waals surface area contributed by atoms with E-state index in [1.807, 2.05) is 43.3 Å². The fourth-order valence-corrected chi connectivity index (χ4v) is 3.06. The summed E-state index contributed by atoms with van der Waals surface area (Å²) >= 11 is 1.62. The van der Waals surface area contributed by atoms with Crippen LogP contribution in [0.1, 0.15) is 11.1 Å². The van der Waals surface area contributed by atoms with Gasteiger partial charge in [0, 0.05) is 10.3 Å². The van der Waals surface area contributed by atoms with Crippen molar-refractivity contribution in [1.29, 1.82) is 0 Å². The van der Waals surface area contributed by atoms with E-state index >= 15 is 0 Å². The number of para-hydroxylation sites is 1. The molecule has 4 heteroatoms. The van der Waals surface area contributed by atoms with Crippen LogP contribution in [0, 0.1) is 6.92 Å². The van der Waals surface area contributed by atoms with Crippen molar-refractivity contribution in [1.82, 2.24) is 9.97 Å². The molecule has 0 amide bonds. The van der Waals surface area contributed by atoms with Gasteiger partial charge in [0.05, 0.1) is 12.1 Å². The van der Waals surface area contributed by atoms with E-state index in [4.69, 9.17) is 0 Å². The molecule has 0 aliphatic carbocycles. The zero-order chi connectivity index (χ0) is 13.9. The molecule has 1 N–H and O–H groups in total. The molecule has 0 unspecified atom stereocenters. The molecule has 0 aliphatic rings. The molecule has 0 atom stereocenters. The van der Waals surface area contributed by atoms with Crippen molar-refractivity contribution in [3.05, 3.63) is 59.9 Å². The lowest BCUT2D eigenvalue weighted by molar-refractivity contribution is 0.281. The first-order valence-corrected chi connectivity index (χ1v) is 7.17. The molecule has 0 radical (unpaired) electrons. The fraction of sp³-hybridized carbons (Fsp3) is 0.125. The second-order valence-corrected chi connectivity index (χ2v) is 5.61. The highest BCUT2D eigenvalue weighted by molar-refractivity contribution is 7.99. The lowest BCUT2D eigenvalue weighted by atomic mass is 10.1. The fourth-order valence-electron chi connectivity index (χ4n) is 2.08. The minimum absolute atomic E-state index is 0.0766. The van der Waals surface area contributed by atoms with Crippen LogP contribution in [0.5, 0.6) is 0 Å². The van der Waals surface area contributed by atoms with Gasteiger partial charge in [-0.05, 0) is 36.2 Å². The third-order valence-corrected chi connectivity index (χ3v) is 4.21. The zero-order valence-electron chi connectivity index (χ0n) is 11.1. The molecule has 3 aromatic rings. The van der Waals surface area contributed by atoms with Crippen molar-refractivity contribution < 1.29 is 5.11 Å². The SMILES string of the molecule is Cc1cc(Sc2ncnc3ccccc23)ccc1CO. The lowest BCUT2D eigenvalue weighted by Gasteiger charge is -2.07. The minimum Gasteiger partial charge on any atom is -0.392 e. The lowest BCUT2D eigenvalue weighted by Crippen LogP contribution is -1.90. The number of aromatic nitrogens is 2. The van der Waals surface area contributed by atoms with Crippen LogP contribution >= 0.6 is 11.8 Å². The molecule has 0 spiro atoms. The van der Waals surface area contributed by atoms with Gasteiger partial charge in [-0.1, -0.05) is 36.0 Å².